The molecule has 20 heavy (non-hydrogen) atoms. The molecule has 5 nitrogen and oxygen atoms in total. The molecule has 0 aliphatic carbocycles. The number of rotatable bonds is 5. The molecule has 0 radical (unpaired) electrons. The van der Waals surface area contributed by atoms with E-state index in [1.807, 2.05) is 12.1 Å². The number of aromatic nitrogens is 2. The summed E-state index contributed by atoms with van der Waals surface area (Å²) in [5.41, 5.74) is 2.51. The summed E-state index contributed by atoms with van der Waals surface area (Å²) in [4.78, 5) is 19.4. The van der Waals surface area contributed by atoms with Gasteiger partial charge in [-0.2, -0.15) is 0 Å². The molecule has 1 heterocycles. The molecule has 0 aliphatic heterocycles. The number of aryl methyl sites for hydroxylation is 1. The lowest BCUT2D eigenvalue weighted by Gasteiger charge is -2.10. The van der Waals surface area contributed by atoms with Crippen molar-refractivity contribution in [1.82, 2.24) is 9.97 Å². The van der Waals surface area contributed by atoms with Crippen LogP contribution in [-0.4, -0.2) is 23.0 Å². The van der Waals surface area contributed by atoms with Gasteiger partial charge < -0.3 is 10.1 Å². The average molecular weight is 271 g/mol. The zero-order valence-electron chi connectivity index (χ0n) is 11.6. The van der Waals surface area contributed by atoms with Crippen molar-refractivity contribution in [1.29, 1.82) is 0 Å². The molecule has 0 amide bonds. The number of methoxy groups -OCH3 is 1. The summed E-state index contributed by atoms with van der Waals surface area (Å²) in [7, 11) is 1.31. The van der Waals surface area contributed by atoms with Crippen molar-refractivity contribution in [3.05, 3.63) is 53.5 Å². The van der Waals surface area contributed by atoms with Crippen LogP contribution in [0.25, 0.3) is 0 Å². The number of anilines is 1. The third-order valence-corrected chi connectivity index (χ3v) is 2.98. The molecule has 2 aromatic rings. The van der Waals surface area contributed by atoms with Gasteiger partial charge in [0.25, 0.3) is 0 Å². The summed E-state index contributed by atoms with van der Waals surface area (Å²) in [5, 5.41) is 3.20. The zero-order chi connectivity index (χ0) is 14.4. The lowest BCUT2D eigenvalue weighted by Crippen LogP contribution is -2.10. The van der Waals surface area contributed by atoms with Gasteiger partial charge in [0.15, 0.2) is 0 Å². The first-order valence-corrected chi connectivity index (χ1v) is 6.46. The number of hydrogen-bond donors (Lipinski definition) is 1. The van der Waals surface area contributed by atoms with Crippen LogP contribution in [0.5, 0.6) is 0 Å². The number of ether oxygens (including phenoxy) is 1. The van der Waals surface area contributed by atoms with E-state index in [9.17, 15) is 4.79 Å². The second-order valence-corrected chi connectivity index (χ2v) is 4.23. The Balaban J connectivity index is 2.09. The Morgan fingerprint density at radius 1 is 1.25 bits per heavy atom. The molecule has 0 fully saturated rings. The van der Waals surface area contributed by atoms with Crippen LogP contribution in [0.4, 0.5) is 5.82 Å². The maximum Gasteiger partial charge on any atom is 0.376 e. The Hall–Kier alpha value is -2.43. The van der Waals surface area contributed by atoms with E-state index < -0.39 is 5.97 Å². The summed E-state index contributed by atoms with van der Waals surface area (Å²) < 4.78 is 4.60. The fourth-order valence-electron chi connectivity index (χ4n) is 1.91. The molecule has 1 N–H and O–H groups in total. The third kappa shape index (κ3) is 3.32. The van der Waals surface area contributed by atoms with Crippen LogP contribution in [0.3, 0.4) is 0 Å². The van der Waals surface area contributed by atoms with E-state index >= 15 is 0 Å². The highest BCUT2D eigenvalue weighted by Crippen LogP contribution is 2.12. The second-order valence-electron chi connectivity index (χ2n) is 4.23. The van der Waals surface area contributed by atoms with Gasteiger partial charge in [0, 0.05) is 12.7 Å². The third-order valence-electron chi connectivity index (χ3n) is 2.98. The van der Waals surface area contributed by atoms with Crippen LogP contribution < -0.4 is 5.32 Å². The molecule has 0 aliphatic rings. The van der Waals surface area contributed by atoms with Gasteiger partial charge in [0.1, 0.15) is 5.82 Å². The van der Waals surface area contributed by atoms with Crippen molar-refractivity contribution in [3.63, 3.8) is 0 Å². The zero-order valence-corrected chi connectivity index (χ0v) is 11.6. The summed E-state index contributed by atoms with van der Waals surface area (Å²) in [6.45, 7) is 2.78. The Labute approximate surface area is 118 Å². The first-order chi connectivity index (χ1) is 9.74. The quantitative estimate of drug-likeness (QED) is 0.846. The number of nitrogens with one attached hydrogen (secondary N) is 1. The minimum absolute atomic E-state index is 0.0567. The van der Waals surface area contributed by atoms with Gasteiger partial charge in [-0.25, -0.2) is 14.8 Å². The molecule has 104 valence electrons. The summed E-state index contributed by atoms with van der Waals surface area (Å²) >= 11 is 0. The molecule has 2 rings (SSSR count). The normalized spacial score (nSPS) is 10.1. The van der Waals surface area contributed by atoms with Crippen LogP contribution in [0.15, 0.2) is 36.5 Å². The fraction of sp³-hybridized carbons (Fsp3) is 0.267. The molecule has 0 spiro atoms. The van der Waals surface area contributed by atoms with E-state index in [0.717, 1.165) is 6.42 Å². The summed E-state index contributed by atoms with van der Waals surface area (Å²) in [6.07, 6.45) is 2.52. The molecule has 0 bridgehead atoms. The highest BCUT2D eigenvalue weighted by atomic mass is 16.5. The van der Waals surface area contributed by atoms with Gasteiger partial charge in [-0.05, 0) is 23.6 Å². The molecular formula is C15H17N3O2. The minimum Gasteiger partial charge on any atom is -0.463 e. The van der Waals surface area contributed by atoms with Gasteiger partial charge in [0.2, 0.25) is 5.82 Å². The Morgan fingerprint density at radius 3 is 2.70 bits per heavy atom. The number of hydrogen-bond acceptors (Lipinski definition) is 5. The molecule has 1 aromatic heterocycles. The van der Waals surface area contributed by atoms with Gasteiger partial charge in [-0.15, -0.1) is 0 Å². The number of esters is 1. The average Bonchev–Trinajstić information content (AvgIpc) is 2.52. The molecular weight excluding hydrogens is 254 g/mol. The highest BCUT2D eigenvalue weighted by Gasteiger charge is 2.09. The molecule has 0 saturated carbocycles. The van der Waals surface area contributed by atoms with Gasteiger partial charge in [-0.1, -0.05) is 31.2 Å². The van der Waals surface area contributed by atoms with Crippen LogP contribution >= 0.6 is 0 Å². The fourth-order valence-corrected chi connectivity index (χ4v) is 1.91. The van der Waals surface area contributed by atoms with Crippen molar-refractivity contribution in [2.45, 2.75) is 19.9 Å². The smallest absolute Gasteiger partial charge is 0.376 e. The van der Waals surface area contributed by atoms with Gasteiger partial charge in [-0.3, -0.25) is 0 Å². The SMILES string of the molecule is CCc1ccccc1CNc1ccnc(C(=O)OC)n1. The minimum atomic E-state index is -0.539. The summed E-state index contributed by atoms with van der Waals surface area (Å²) in [6, 6.07) is 9.95. The predicted molar refractivity (Wildman–Crippen MR) is 76.5 cm³/mol. The van der Waals surface area contributed by atoms with E-state index in [4.69, 9.17) is 0 Å². The van der Waals surface area contributed by atoms with E-state index in [-0.39, 0.29) is 5.82 Å². The summed E-state index contributed by atoms with van der Waals surface area (Å²) in [5.74, 6) is 0.121. The number of carbonyl (C=O) groups is 1. The predicted octanol–water partition coefficient (Wildman–Crippen LogP) is 2.44. The monoisotopic (exact) mass is 271 g/mol. The van der Waals surface area contributed by atoms with Crippen LogP contribution in [0, 0.1) is 0 Å². The Kier molecular flexibility index (Phi) is 4.65. The second kappa shape index (κ2) is 6.65. The van der Waals surface area contributed by atoms with Crippen LogP contribution in [0.2, 0.25) is 0 Å². The Morgan fingerprint density at radius 2 is 2.00 bits per heavy atom. The first-order valence-electron chi connectivity index (χ1n) is 6.46. The van der Waals surface area contributed by atoms with Gasteiger partial charge >= 0.3 is 5.97 Å². The van der Waals surface area contributed by atoms with Crippen molar-refractivity contribution in [2.75, 3.05) is 12.4 Å². The van der Waals surface area contributed by atoms with E-state index in [1.165, 1.54) is 24.4 Å². The standard InChI is InChI=1S/C15H17N3O2/c1-3-11-6-4-5-7-12(11)10-17-13-8-9-16-14(18-13)15(19)20-2/h4-9H,3,10H2,1-2H3,(H,16,17,18). The molecule has 5 heteroatoms. The Bertz CT molecular complexity index is 599. The first kappa shape index (κ1) is 14.0. The number of carbonyl (C=O) groups excluding carboxylic acids is 1. The van der Waals surface area contributed by atoms with Crippen molar-refractivity contribution in [2.24, 2.45) is 0 Å². The van der Waals surface area contributed by atoms with E-state index in [2.05, 4.69) is 39.1 Å². The van der Waals surface area contributed by atoms with E-state index in [0.29, 0.717) is 12.4 Å². The van der Waals surface area contributed by atoms with Crippen LogP contribution in [0.1, 0.15) is 28.7 Å². The maximum atomic E-state index is 11.4. The maximum absolute atomic E-state index is 11.4. The number of nitrogens with zero attached hydrogens (tertiary/aromatic N) is 2. The van der Waals surface area contributed by atoms with Crippen molar-refractivity contribution in [3.8, 4) is 0 Å². The number of benzene rings is 1. The van der Waals surface area contributed by atoms with Crippen molar-refractivity contribution < 1.29 is 9.53 Å². The molecule has 0 unspecified atom stereocenters. The molecule has 0 saturated heterocycles. The van der Waals surface area contributed by atoms with E-state index in [1.54, 1.807) is 6.07 Å². The molecule has 0 atom stereocenters. The largest absolute Gasteiger partial charge is 0.463 e. The topological polar surface area (TPSA) is 64.1 Å². The van der Waals surface area contributed by atoms with Crippen molar-refractivity contribution >= 4 is 11.8 Å². The highest BCUT2D eigenvalue weighted by molar-refractivity contribution is 5.85. The molecule has 1 aromatic carbocycles. The lowest BCUT2D eigenvalue weighted by molar-refractivity contribution is 0.0587. The van der Waals surface area contributed by atoms with Gasteiger partial charge in [0.05, 0.1) is 7.11 Å². The lowest BCUT2D eigenvalue weighted by atomic mass is 10.1. The van der Waals surface area contributed by atoms with Crippen LogP contribution in [-0.2, 0) is 17.7 Å².